The van der Waals surface area contributed by atoms with E-state index >= 15 is 0 Å². The Morgan fingerprint density at radius 3 is 2.85 bits per heavy atom. The van der Waals surface area contributed by atoms with Gasteiger partial charge in [0.2, 0.25) is 0 Å². The van der Waals surface area contributed by atoms with Crippen LogP contribution in [0.1, 0.15) is 82.4 Å². The predicted octanol–water partition coefficient (Wildman–Crippen LogP) is 5.21. The van der Waals surface area contributed by atoms with Crippen LogP contribution >= 0.6 is 0 Å². The zero-order valence-electron chi connectivity index (χ0n) is 16.9. The van der Waals surface area contributed by atoms with Crippen LogP contribution in [0.25, 0.3) is 0 Å². The molecule has 3 nitrogen and oxygen atoms in total. The van der Waals surface area contributed by atoms with Crippen molar-refractivity contribution in [1.82, 2.24) is 0 Å². The third-order valence-electron chi connectivity index (χ3n) is 6.91. The first kappa shape index (κ1) is 19.4. The summed E-state index contributed by atoms with van der Waals surface area (Å²) in [6.07, 6.45) is 8.79. The lowest BCUT2D eigenvalue weighted by molar-refractivity contribution is 0.0729. The predicted molar refractivity (Wildman–Crippen MR) is 108 cm³/mol. The molecule has 2 aliphatic carbocycles. The molecule has 0 aromatic heterocycles. The topological polar surface area (TPSA) is 41.8 Å². The normalized spacial score (nSPS) is 31.1. The summed E-state index contributed by atoms with van der Waals surface area (Å²) in [5, 5.41) is 13.2. The first-order chi connectivity index (χ1) is 12.4. The van der Waals surface area contributed by atoms with E-state index in [-0.39, 0.29) is 17.4 Å². The molecule has 0 bridgehead atoms. The van der Waals surface area contributed by atoms with Gasteiger partial charge in [-0.15, -0.1) is 0 Å². The third kappa shape index (κ3) is 3.55. The minimum absolute atomic E-state index is 0.0840. The minimum Gasteiger partial charge on any atom is -0.396 e. The molecular weight excluding hydrogens is 322 g/mol. The Kier molecular flexibility index (Phi) is 5.76. The van der Waals surface area contributed by atoms with Crippen molar-refractivity contribution < 1.29 is 9.94 Å². The molecule has 0 aliphatic heterocycles. The van der Waals surface area contributed by atoms with Crippen LogP contribution in [0, 0.1) is 11.3 Å². The number of benzene rings is 1. The smallest absolute Gasteiger partial charge is 0.119 e. The van der Waals surface area contributed by atoms with Gasteiger partial charge in [-0.3, -0.25) is 0 Å². The summed E-state index contributed by atoms with van der Waals surface area (Å²) in [6.45, 7) is 10.0. The highest BCUT2D eigenvalue weighted by atomic mass is 16.6. The standard InChI is InChI=1S/C23H35NO2/c1-17(2)18-7-9-20-19(15-18)8-10-21-22(3,11-5-12-23(20,21)4)16-24-26-14-6-13-25/h7,9,15-17,21,25H,5-6,8,10-14H2,1-4H3/b24-16+/t21-,22-,23+/m0/s1. The Hall–Kier alpha value is -1.35. The number of fused-ring (bicyclic) bond motifs is 3. The van der Waals surface area contributed by atoms with Crippen LogP contribution in [0.4, 0.5) is 0 Å². The highest BCUT2D eigenvalue weighted by Gasteiger charge is 2.51. The van der Waals surface area contributed by atoms with Crippen LogP contribution in [0.3, 0.4) is 0 Å². The molecule has 0 heterocycles. The number of hydrogen-bond donors (Lipinski definition) is 1. The minimum atomic E-state index is 0.0840. The summed E-state index contributed by atoms with van der Waals surface area (Å²) in [7, 11) is 0. The van der Waals surface area contributed by atoms with Gasteiger partial charge >= 0.3 is 0 Å². The molecule has 144 valence electrons. The van der Waals surface area contributed by atoms with Gasteiger partial charge in [0.25, 0.3) is 0 Å². The Morgan fingerprint density at radius 2 is 2.12 bits per heavy atom. The first-order valence-electron chi connectivity index (χ1n) is 10.3. The average Bonchev–Trinajstić information content (AvgIpc) is 2.61. The molecule has 0 saturated heterocycles. The molecule has 0 amide bonds. The van der Waals surface area contributed by atoms with Crippen LogP contribution in [-0.2, 0) is 16.7 Å². The second-order valence-electron chi connectivity index (χ2n) is 9.08. The summed E-state index contributed by atoms with van der Waals surface area (Å²) in [5.74, 6) is 1.19. The van der Waals surface area contributed by atoms with Crippen molar-refractivity contribution in [1.29, 1.82) is 0 Å². The van der Waals surface area contributed by atoms with E-state index in [4.69, 9.17) is 9.94 Å². The molecule has 3 atom stereocenters. The van der Waals surface area contributed by atoms with Gasteiger partial charge in [0.05, 0.1) is 0 Å². The van der Waals surface area contributed by atoms with Gasteiger partial charge in [-0.2, -0.15) is 0 Å². The van der Waals surface area contributed by atoms with Crippen LogP contribution in [0.5, 0.6) is 0 Å². The maximum absolute atomic E-state index is 8.87. The molecule has 1 aromatic carbocycles. The Balaban J connectivity index is 1.85. The molecule has 26 heavy (non-hydrogen) atoms. The molecule has 1 fully saturated rings. The van der Waals surface area contributed by atoms with Gasteiger partial charge in [0.15, 0.2) is 0 Å². The summed E-state index contributed by atoms with van der Waals surface area (Å²) >= 11 is 0. The number of aryl methyl sites for hydroxylation is 1. The quantitative estimate of drug-likeness (QED) is 0.432. The lowest BCUT2D eigenvalue weighted by Crippen LogP contribution is -2.49. The summed E-state index contributed by atoms with van der Waals surface area (Å²) in [6, 6.07) is 7.21. The van der Waals surface area contributed by atoms with Crippen LogP contribution in [-0.4, -0.2) is 24.5 Å². The molecule has 3 heteroatoms. The van der Waals surface area contributed by atoms with Gasteiger partial charge in [0.1, 0.15) is 6.61 Å². The molecule has 0 spiro atoms. The largest absolute Gasteiger partial charge is 0.396 e. The van der Waals surface area contributed by atoms with Crippen molar-refractivity contribution in [3.63, 3.8) is 0 Å². The Labute approximate surface area is 158 Å². The van der Waals surface area contributed by atoms with E-state index in [9.17, 15) is 0 Å². The maximum atomic E-state index is 8.87. The summed E-state index contributed by atoms with van der Waals surface area (Å²) < 4.78 is 0. The monoisotopic (exact) mass is 357 g/mol. The zero-order chi connectivity index (χ0) is 18.8. The van der Waals surface area contributed by atoms with Gasteiger partial charge in [-0.05, 0) is 59.6 Å². The molecule has 0 unspecified atom stereocenters. The average molecular weight is 358 g/mol. The van der Waals surface area contributed by atoms with E-state index in [0.717, 1.165) is 0 Å². The Morgan fingerprint density at radius 1 is 1.31 bits per heavy atom. The van der Waals surface area contributed by atoms with Crippen LogP contribution in [0.15, 0.2) is 23.4 Å². The zero-order valence-corrected chi connectivity index (χ0v) is 16.9. The van der Waals surface area contributed by atoms with Gasteiger partial charge in [0, 0.05) is 24.7 Å². The van der Waals surface area contributed by atoms with Crippen molar-refractivity contribution in [2.24, 2.45) is 16.5 Å². The van der Waals surface area contributed by atoms with E-state index in [2.05, 4.69) is 57.3 Å². The van der Waals surface area contributed by atoms with E-state index in [0.29, 0.717) is 24.9 Å². The molecular formula is C23H35NO2. The lowest BCUT2D eigenvalue weighted by Gasteiger charge is -2.54. The summed E-state index contributed by atoms with van der Waals surface area (Å²) in [5.41, 5.74) is 4.91. The molecule has 3 rings (SSSR count). The maximum Gasteiger partial charge on any atom is 0.119 e. The number of nitrogens with zero attached hydrogens (tertiary/aromatic N) is 1. The van der Waals surface area contributed by atoms with Crippen molar-refractivity contribution in [3.8, 4) is 0 Å². The van der Waals surface area contributed by atoms with E-state index < -0.39 is 0 Å². The van der Waals surface area contributed by atoms with Crippen molar-refractivity contribution >= 4 is 6.21 Å². The van der Waals surface area contributed by atoms with E-state index in [1.54, 1.807) is 11.1 Å². The second kappa shape index (κ2) is 7.72. The summed E-state index contributed by atoms with van der Waals surface area (Å²) in [4.78, 5) is 5.38. The van der Waals surface area contributed by atoms with Crippen LogP contribution < -0.4 is 0 Å². The molecule has 1 saturated carbocycles. The molecule has 1 N–H and O–H groups in total. The van der Waals surface area contributed by atoms with E-state index in [1.165, 1.54) is 37.7 Å². The molecule has 2 aliphatic rings. The molecule has 0 radical (unpaired) electrons. The van der Waals surface area contributed by atoms with Crippen molar-refractivity contribution in [3.05, 3.63) is 34.9 Å². The highest BCUT2D eigenvalue weighted by molar-refractivity contribution is 5.66. The van der Waals surface area contributed by atoms with Gasteiger partial charge < -0.3 is 9.94 Å². The lowest BCUT2D eigenvalue weighted by atomic mass is 9.50. The van der Waals surface area contributed by atoms with Crippen LogP contribution in [0.2, 0.25) is 0 Å². The Bertz CT molecular complexity index is 654. The van der Waals surface area contributed by atoms with Gasteiger partial charge in [-0.1, -0.05) is 57.5 Å². The number of aliphatic hydroxyl groups excluding tert-OH is 1. The SMILES string of the molecule is CC(C)c1ccc2c(c1)CC[C@H]1[C@](C)(/C=N/OCCCO)CCC[C@]21C. The third-order valence-corrected chi connectivity index (χ3v) is 6.91. The van der Waals surface area contributed by atoms with Crippen molar-refractivity contribution in [2.75, 3.05) is 13.2 Å². The second-order valence-corrected chi connectivity index (χ2v) is 9.08. The number of oxime groups is 1. The number of hydrogen-bond acceptors (Lipinski definition) is 3. The fraction of sp³-hybridized carbons (Fsp3) is 0.696. The number of rotatable bonds is 6. The fourth-order valence-corrected chi connectivity index (χ4v) is 5.41. The number of aliphatic hydroxyl groups is 1. The van der Waals surface area contributed by atoms with Crippen molar-refractivity contribution in [2.45, 2.75) is 77.6 Å². The highest BCUT2D eigenvalue weighted by Crippen LogP contribution is 2.56. The fourth-order valence-electron chi connectivity index (χ4n) is 5.41. The first-order valence-corrected chi connectivity index (χ1v) is 10.3. The molecule has 1 aromatic rings. The van der Waals surface area contributed by atoms with E-state index in [1.807, 2.05) is 0 Å². The van der Waals surface area contributed by atoms with Gasteiger partial charge in [-0.25, -0.2) is 0 Å².